The first kappa shape index (κ1) is 25.0. The van der Waals surface area contributed by atoms with Crippen LogP contribution in [0.1, 0.15) is 22.9 Å². The van der Waals surface area contributed by atoms with Crippen molar-refractivity contribution in [2.24, 2.45) is 0 Å². The number of hydrogen-bond donors (Lipinski definition) is 1. The van der Waals surface area contributed by atoms with Gasteiger partial charge in [0, 0.05) is 28.2 Å². The molecule has 1 N–H and O–H groups in total. The lowest BCUT2D eigenvalue weighted by atomic mass is 9.93. The summed E-state index contributed by atoms with van der Waals surface area (Å²) in [6, 6.07) is 22.5. The van der Waals surface area contributed by atoms with Gasteiger partial charge in [-0.05, 0) is 72.1 Å². The third-order valence-corrected chi connectivity index (χ3v) is 6.29. The maximum Gasteiger partial charge on any atom is 0.210 e. The predicted molar refractivity (Wildman–Crippen MR) is 139 cm³/mol. The van der Waals surface area contributed by atoms with Gasteiger partial charge in [0.25, 0.3) is 0 Å². The lowest BCUT2D eigenvalue weighted by Crippen LogP contribution is -2.34. The average molecular weight is 504 g/mol. The minimum absolute atomic E-state index is 0.0101. The molecule has 5 rings (SSSR count). The van der Waals surface area contributed by atoms with E-state index in [1.807, 2.05) is 72.8 Å². The fourth-order valence-electron chi connectivity index (χ4n) is 4.32. The van der Waals surface area contributed by atoms with Crippen molar-refractivity contribution in [3.8, 4) is 23.3 Å². The van der Waals surface area contributed by atoms with Crippen LogP contribution in [0, 0.1) is 11.3 Å². The number of methoxy groups -OCH3 is 2. The number of aromatic nitrogens is 1. The van der Waals surface area contributed by atoms with E-state index in [1.54, 1.807) is 19.1 Å². The zero-order chi connectivity index (χ0) is 25.5. The van der Waals surface area contributed by atoms with Gasteiger partial charge < -0.3 is 24.1 Å². The van der Waals surface area contributed by atoms with E-state index in [-0.39, 0.29) is 12.6 Å². The first-order valence-corrected chi connectivity index (χ1v) is 11.7. The van der Waals surface area contributed by atoms with Crippen LogP contribution in [0.3, 0.4) is 0 Å². The van der Waals surface area contributed by atoms with Crippen LogP contribution in [-0.2, 0) is 11.2 Å². The van der Waals surface area contributed by atoms with Crippen LogP contribution >= 0.6 is 11.6 Å². The van der Waals surface area contributed by atoms with E-state index in [9.17, 15) is 4.79 Å². The molecule has 0 fully saturated rings. The molecule has 4 aromatic rings. The van der Waals surface area contributed by atoms with Crippen LogP contribution in [-0.4, -0.2) is 43.7 Å². The molecule has 7 nitrogen and oxygen atoms in total. The summed E-state index contributed by atoms with van der Waals surface area (Å²) in [5.41, 5.74) is 4.23. The lowest BCUT2D eigenvalue weighted by Gasteiger charge is -2.33. The van der Waals surface area contributed by atoms with Gasteiger partial charge in [-0.1, -0.05) is 23.7 Å². The van der Waals surface area contributed by atoms with Gasteiger partial charge in [0.15, 0.2) is 6.61 Å². The lowest BCUT2D eigenvalue weighted by molar-refractivity contribution is -0.120. The van der Waals surface area contributed by atoms with Crippen molar-refractivity contribution in [2.75, 3.05) is 27.4 Å². The first-order chi connectivity index (χ1) is 17.6. The van der Waals surface area contributed by atoms with Gasteiger partial charge in [-0.2, -0.15) is 5.26 Å². The highest BCUT2D eigenvalue weighted by molar-refractivity contribution is 6.31. The van der Waals surface area contributed by atoms with E-state index >= 15 is 0 Å². The summed E-state index contributed by atoms with van der Waals surface area (Å²) in [6.45, 7) is 0.656. The minimum atomic E-state index is -0.188. The van der Waals surface area contributed by atoms with Gasteiger partial charge >= 0.3 is 0 Å². The molecule has 3 aromatic carbocycles. The maximum atomic E-state index is 11.7. The van der Waals surface area contributed by atoms with Crippen molar-refractivity contribution >= 4 is 28.9 Å². The zero-order valence-corrected chi connectivity index (χ0v) is 20.8. The molecule has 1 aromatic heterocycles. The molecule has 1 unspecified atom stereocenters. The minimum Gasteiger partial charge on any atom is -0.497 e. The number of benzene rings is 3. The summed E-state index contributed by atoms with van der Waals surface area (Å²) in [5, 5.41) is 10.4. The number of rotatable bonds is 6. The van der Waals surface area contributed by atoms with Crippen molar-refractivity contribution in [1.29, 1.82) is 5.26 Å². The third kappa shape index (κ3) is 5.40. The van der Waals surface area contributed by atoms with Gasteiger partial charge in [0.2, 0.25) is 6.41 Å². The van der Waals surface area contributed by atoms with Crippen molar-refractivity contribution in [3.63, 3.8) is 0 Å². The quantitative estimate of drug-likeness (QED) is 0.349. The van der Waals surface area contributed by atoms with Crippen molar-refractivity contribution in [1.82, 2.24) is 9.88 Å². The van der Waals surface area contributed by atoms with E-state index < -0.39 is 0 Å². The molecule has 0 aliphatic carbocycles. The molecule has 0 spiro atoms. The zero-order valence-electron chi connectivity index (χ0n) is 20.0. The van der Waals surface area contributed by atoms with Gasteiger partial charge in [-0.15, -0.1) is 0 Å². The number of nitrogens with one attached hydrogen (secondary N) is 1. The molecule has 0 bridgehead atoms. The molecule has 2 heterocycles. The number of halogens is 1. The molecule has 36 heavy (non-hydrogen) atoms. The summed E-state index contributed by atoms with van der Waals surface area (Å²) in [5.74, 6) is 2.33. The van der Waals surface area contributed by atoms with Crippen LogP contribution < -0.4 is 14.2 Å². The highest BCUT2D eigenvalue weighted by atomic mass is 35.5. The van der Waals surface area contributed by atoms with Crippen LogP contribution in [0.2, 0.25) is 5.02 Å². The highest BCUT2D eigenvalue weighted by Gasteiger charge is 2.31. The Kier molecular flexibility index (Phi) is 7.99. The van der Waals surface area contributed by atoms with Crippen molar-refractivity contribution < 1.29 is 19.0 Å². The molecule has 184 valence electrons. The van der Waals surface area contributed by atoms with E-state index in [2.05, 4.69) is 4.98 Å². The summed E-state index contributed by atoms with van der Waals surface area (Å²) >= 11 is 6.17. The number of amides is 1. The van der Waals surface area contributed by atoms with Crippen LogP contribution in [0.5, 0.6) is 17.2 Å². The third-order valence-electron chi connectivity index (χ3n) is 6.06. The van der Waals surface area contributed by atoms with E-state index in [0.717, 1.165) is 46.5 Å². The Morgan fingerprint density at radius 3 is 2.25 bits per heavy atom. The number of carbonyl (C=O) groups excluding carboxylic acids is 1. The van der Waals surface area contributed by atoms with E-state index in [1.165, 1.54) is 5.56 Å². The van der Waals surface area contributed by atoms with Gasteiger partial charge in [-0.25, -0.2) is 0 Å². The van der Waals surface area contributed by atoms with E-state index in [0.29, 0.717) is 17.3 Å². The highest BCUT2D eigenvalue weighted by Crippen LogP contribution is 2.38. The normalized spacial score (nSPS) is 14.2. The standard InChI is InChI=1S/C20H16ClN3O2.C8H10O2/c21-14-3-6-18-17(11-14)16-7-9-24(12-25)20(19(16)23-18)13-1-4-15(5-2-13)26-10-8-22;1-9-7-3-5-8(10-2)6-4-7/h1-6,11-12,20,23H,7,9-10H2;3-6H,1-2H3. The fourth-order valence-corrected chi connectivity index (χ4v) is 4.50. The summed E-state index contributed by atoms with van der Waals surface area (Å²) in [7, 11) is 3.28. The fraction of sp³-hybridized carbons (Fsp3) is 0.214. The van der Waals surface area contributed by atoms with Crippen LogP contribution in [0.15, 0.2) is 66.7 Å². The second kappa shape index (κ2) is 11.5. The summed E-state index contributed by atoms with van der Waals surface area (Å²) in [6.07, 6.45) is 1.68. The summed E-state index contributed by atoms with van der Waals surface area (Å²) in [4.78, 5) is 16.9. The molecule has 0 saturated heterocycles. The second-order valence-corrected chi connectivity index (χ2v) is 8.53. The van der Waals surface area contributed by atoms with Crippen LogP contribution in [0.25, 0.3) is 10.9 Å². The molecule has 1 amide bonds. The molecular weight excluding hydrogens is 478 g/mol. The number of fused-ring (bicyclic) bond motifs is 3. The van der Waals surface area contributed by atoms with Gasteiger partial charge in [0.1, 0.15) is 23.3 Å². The maximum absolute atomic E-state index is 11.7. The Hall–Kier alpha value is -4.15. The van der Waals surface area contributed by atoms with Crippen molar-refractivity contribution in [2.45, 2.75) is 12.5 Å². The van der Waals surface area contributed by atoms with Crippen LogP contribution in [0.4, 0.5) is 0 Å². The topological polar surface area (TPSA) is 87.6 Å². The molecule has 1 atom stereocenters. The number of carbonyl (C=O) groups is 1. The Morgan fingerprint density at radius 2 is 1.67 bits per heavy atom. The number of aromatic amines is 1. The Bertz CT molecular complexity index is 1340. The SMILES string of the molecule is COc1ccc(OC)cc1.N#CCOc1ccc(C2c3[nH]c4ccc(Cl)cc4c3CCN2C=O)cc1. The molecule has 1 aliphatic heterocycles. The predicted octanol–water partition coefficient (Wildman–Crippen LogP) is 5.53. The average Bonchev–Trinajstić information content (AvgIpc) is 3.29. The molecule has 0 saturated carbocycles. The number of H-pyrrole nitrogens is 1. The van der Waals surface area contributed by atoms with Crippen molar-refractivity contribution in [3.05, 3.63) is 88.6 Å². The Morgan fingerprint density at radius 1 is 1.03 bits per heavy atom. The number of nitrogens with zero attached hydrogens (tertiary/aromatic N) is 2. The second-order valence-electron chi connectivity index (χ2n) is 8.10. The van der Waals surface area contributed by atoms with E-state index in [4.69, 9.17) is 31.1 Å². The smallest absolute Gasteiger partial charge is 0.210 e. The van der Waals surface area contributed by atoms with Gasteiger partial charge in [0.05, 0.1) is 20.3 Å². The number of nitriles is 1. The molecular formula is C28H26ClN3O4. The largest absolute Gasteiger partial charge is 0.497 e. The molecule has 1 aliphatic rings. The molecule has 8 heteroatoms. The Balaban J connectivity index is 0.000000256. The van der Waals surface area contributed by atoms with Gasteiger partial charge in [-0.3, -0.25) is 4.79 Å². The number of ether oxygens (including phenoxy) is 3. The Labute approximate surface area is 214 Å². The summed E-state index contributed by atoms with van der Waals surface area (Å²) < 4.78 is 15.2. The number of hydrogen-bond acceptors (Lipinski definition) is 5. The first-order valence-electron chi connectivity index (χ1n) is 11.4. The monoisotopic (exact) mass is 503 g/mol. The molecule has 0 radical (unpaired) electrons.